The summed E-state index contributed by atoms with van der Waals surface area (Å²) in [4.78, 5) is 0. The Hall–Kier alpha value is -2.75. The lowest BCUT2D eigenvalue weighted by atomic mass is 9.95. The van der Waals surface area contributed by atoms with E-state index in [1.54, 1.807) is 11.0 Å². The summed E-state index contributed by atoms with van der Waals surface area (Å²) >= 11 is 0. The molecule has 0 bridgehead atoms. The number of nitrogens with zero attached hydrogens (tertiary/aromatic N) is 4. The molecule has 0 saturated heterocycles. The smallest absolute Gasteiger partial charge is 0.143 e. The Morgan fingerprint density at radius 3 is 2.59 bits per heavy atom. The monoisotopic (exact) mass is 288 g/mol. The molecule has 0 aliphatic heterocycles. The van der Waals surface area contributed by atoms with Gasteiger partial charge in [-0.05, 0) is 65.1 Å². The number of benzene rings is 2. The number of aryl methyl sites for hydroxylation is 1. The van der Waals surface area contributed by atoms with Gasteiger partial charge in [0.1, 0.15) is 6.33 Å². The van der Waals surface area contributed by atoms with Crippen molar-refractivity contribution in [1.82, 2.24) is 20.2 Å². The molecular weight excluding hydrogens is 272 g/mol. The van der Waals surface area contributed by atoms with Gasteiger partial charge in [0.15, 0.2) is 0 Å². The summed E-state index contributed by atoms with van der Waals surface area (Å²) in [5.41, 5.74) is 8.77. The van der Waals surface area contributed by atoms with Gasteiger partial charge in [-0.3, -0.25) is 0 Å². The normalized spacial score (nSPS) is 13.1. The van der Waals surface area contributed by atoms with Crippen molar-refractivity contribution in [1.29, 1.82) is 0 Å². The maximum atomic E-state index is 4.02. The standard InChI is InChI=1S/C18H16N4/c1-12-3-5-14(6-4-12)18-10-16(22-11-19-20-21-22)9-15-7-13(2)8-17(15)18/h3-6,8-11H,7H2,1-2H3. The van der Waals surface area contributed by atoms with Gasteiger partial charge >= 0.3 is 0 Å². The lowest BCUT2D eigenvalue weighted by Crippen LogP contribution is -1.99. The molecule has 1 aliphatic rings. The molecule has 1 aromatic heterocycles. The van der Waals surface area contributed by atoms with Crippen LogP contribution in [-0.2, 0) is 6.42 Å². The van der Waals surface area contributed by atoms with Crippen LogP contribution in [0.2, 0.25) is 0 Å². The van der Waals surface area contributed by atoms with E-state index in [1.165, 1.54) is 33.4 Å². The van der Waals surface area contributed by atoms with E-state index >= 15 is 0 Å². The minimum atomic E-state index is 0.990. The second-order valence-corrected chi connectivity index (χ2v) is 5.85. The van der Waals surface area contributed by atoms with Gasteiger partial charge in [-0.15, -0.1) is 5.10 Å². The fourth-order valence-electron chi connectivity index (χ4n) is 2.99. The van der Waals surface area contributed by atoms with Gasteiger partial charge in [-0.25, -0.2) is 4.68 Å². The highest BCUT2D eigenvalue weighted by atomic mass is 15.5. The van der Waals surface area contributed by atoms with Gasteiger partial charge in [0.05, 0.1) is 5.69 Å². The van der Waals surface area contributed by atoms with Crippen LogP contribution in [0.5, 0.6) is 0 Å². The van der Waals surface area contributed by atoms with Crippen LogP contribution >= 0.6 is 0 Å². The first-order chi connectivity index (χ1) is 10.7. The molecule has 3 aromatic rings. The van der Waals surface area contributed by atoms with E-state index in [0.29, 0.717) is 0 Å². The molecule has 4 rings (SSSR count). The zero-order valence-electron chi connectivity index (χ0n) is 12.6. The summed E-state index contributed by atoms with van der Waals surface area (Å²) in [6, 6.07) is 13.0. The maximum Gasteiger partial charge on any atom is 0.143 e. The topological polar surface area (TPSA) is 43.6 Å². The fourth-order valence-corrected chi connectivity index (χ4v) is 2.99. The second kappa shape index (κ2) is 4.91. The van der Waals surface area contributed by atoms with Crippen LogP contribution in [0.15, 0.2) is 48.3 Å². The predicted molar refractivity (Wildman–Crippen MR) is 86.7 cm³/mol. The van der Waals surface area contributed by atoms with Crippen LogP contribution in [0.25, 0.3) is 22.9 Å². The molecule has 0 spiro atoms. The van der Waals surface area contributed by atoms with Crippen LogP contribution in [0.4, 0.5) is 0 Å². The molecule has 0 atom stereocenters. The van der Waals surface area contributed by atoms with E-state index < -0.39 is 0 Å². The zero-order chi connectivity index (χ0) is 15.1. The summed E-state index contributed by atoms with van der Waals surface area (Å²) in [6.45, 7) is 4.28. The van der Waals surface area contributed by atoms with Gasteiger partial charge in [-0.2, -0.15) is 0 Å². The van der Waals surface area contributed by atoms with Gasteiger partial charge in [-0.1, -0.05) is 41.5 Å². The predicted octanol–water partition coefficient (Wildman–Crippen LogP) is 3.60. The summed E-state index contributed by atoms with van der Waals surface area (Å²) < 4.78 is 1.71. The quantitative estimate of drug-likeness (QED) is 0.723. The van der Waals surface area contributed by atoms with Crippen molar-refractivity contribution in [3.63, 3.8) is 0 Å². The van der Waals surface area contributed by atoms with Crippen molar-refractivity contribution >= 4 is 6.08 Å². The average Bonchev–Trinajstić information content (AvgIpc) is 3.15. The number of hydrogen-bond acceptors (Lipinski definition) is 3. The van der Waals surface area contributed by atoms with Crippen molar-refractivity contribution in [3.8, 4) is 16.8 Å². The number of aromatic nitrogens is 4. The number of rotatable bonds is 2. The Labute approximate surface area is 129 Å². The summed E-state index contributed by atoms with van der Waals surface area (Å²) in [5, 5.41) is 11.5. The molecule has 0 radical (unpaired) electrons. The molecule has 22 heavy (non-hydrogen) atoms. The van der Waals surface area contributed by atoms with E-state index in [2.05, 4.69) is 71.8 Å². The molecule has 0 unspecified atom stereocenters. The Balaban J connectivity index is 1.93. The highest BCUT2D eigenvalue weighted by molar-refractivity contribution is 5.82. The van der Waals surface area contributed by atoms with E-state index in [-0.39, 0.29) is 0 Å². The van der Waals surface area contributed by atoms with E-state index in [0.717, 1.165) is 12.1 Å². The first kappa shape index (κ1) is 13.0. The molecule has 4 heteroatoms. The molecule has 0 saturated carbocycles. The van der Waals surface area contributed by atoms with E-state index in [9.17, 15) is 0 Å². The van der Waals surface area contributed by atoms with Gasteiger partial charge in [0, 0.05) is 0 Å². The third-order valence-corrected chi connectivity index (χ3v) is 4.09. The van der Waals surface area contributed by atoms with Crippen molar-refractivity contribution in [3.05, 3.63) is 65.0 Å². The van der Waals surface area contributed by atoms with Gasteiger partial charge in [0.25, 0.3) is 0 Å². The molecule has 0 N–H and O–H groups in total. The second-order valence-electron chi connectivity index (χ2n) is 5.85. The summed E-state index contributed by atoms with van der Waals surface area (Å²) in [5.74, 6) is 0. The summed E-state index contributed by atoms with van der Waals surface area (Å²) in [7, 11) is 0. The molecule has 108 valence electrons. The Bertz CT molecular complexity index is 859. The molecule has 1 aliphatic carbocycles. The van der Waals surface area contributed by atoms with E-state index in [4.69, 9.17) is 0 Å². The highest BCUT2D eigenvalue weighted by Crippen LogP contribution is 2.36. The van der Waals surface area contributed by atoms with E-state index in [1.807, 2.05) is 0 Å². The molecular formula is C18H16N4. The molecule has 1 heterocycles. The third kappa shape index (κ3) is 2.13. The first-order valence-corrected chi connectivity index (χ1v) is 7.35. The fraction of sp³-hybridized carbons (Fsp3) is 0.167. The Morgan fingerprint density at radius 1 is 1.05 bits per heavy atom. The third-order valence-electron chi connectivity index (χ3n) is 4.09. The number of allylic oxidation sites excluding steroid dienone is 1. The molecule has 4 nitrogen and oxygen atoms in total. The van der Waals surface area contributed by atoms with Crippen LogP contribution in [-0.4, -0.2) is 20.2 Å². The molecule has 0 amide bonds. The number of fused-ring (bicyclic) bond motifs is 1. The number of tetrazole rings is 1. The van der Waals surface area contributed by atoms with Crippen molar-refractivity contribution in [2.24, 2.45) is 0 Å². The van der Waals surface area contributed by atoms with Crippen LogP contribution in [0.1, 0.15) is 23.6 Å². The first-order valence-electron chi connectivity index (χ1n) is 7.35. The van der Waals surface area contributed by atoms with Gasteiger partial charge < -0.3 is 0 Å². The lowest BCUT2D eigenvalue weighted by molar-refractivity contribution is 0.788. The number of hydrogen-bond donors (Lipinski definition) is 0. The Kier molecular flexibility index (Phi) is 2.89. The van der Waals surface area contributed by atoms with Crippen molar-refractivity contribution < 1.29 is 0 Å². The van der Waals surface area contributed by atoms with Crippen LogP contribution in [0, 0.1) is 6.92 Å². The molecule has 0 fully saturated rings. The zero-order valence-corrected chi connectivity index (χ0v) is 12.6. The lowest BCUT2D eigenvalue weighted by Gasteiger charge is -2.12. The summed E-state index contributed by atoms with van der Waals surface area (Å²) in [6.07, 6.45) is 4.91. The van der Waals surface area contributed by atoms with Crippen molar-refractivity contribution in [2.45, 2.75) is 20.3 Å². The van der Waals surface area contributed by atoms with Crippen LogP contribution < -0.4 is 0 Å². The largest absolute Gasteiger partial charge is 0.201 e. The van der Waals surface area contributed by atoms with Crippen LogP contribution in [0.3, 0.4) is 0 Å². The highest BCUT2D eigenvalue weighted by Gasteiger charge is 2.17. The minimum Gasteiger partial charge on any atom is -0.201 e. The SMILES string of the molecule is CC1=Cc2c(cc(-n3cnnn3)cc2-c2ccc(C)cc2)C1. The average molecular weight is 288 g/mol. The minimum absolute atomic E-state index is 0.990. The Morgan fingerprint density at radius 2 is 1.86 bits per heavy atom. The van der Waals surface area contributed by atoms with Crippen molar-refractivity contribution in [2.75, 3.05) is 0 Å². The maximum absolute atomic E-state index is 4.02. The van der Waals surface area contributed by atoms with Gasteiger partial charge in [0.2, 0.25) is 0 Å². The molecule has 2 aromatic carbocycles.